The number of hydrogen-bond donors (Lipinski definition) is 2. The number of nitrogens with two attached hydrogens (primary N) is 1. The first-order valence-corrected chi connectivity index (χ1v) is 5.35. The van der Waals surface area contributed by atoms with Crippen molar-refractivity contribution >= 4 is 11.6 Å². The molecule has 0 aliphatic rings. The molecule has 0 atom stereocenters. The number of carbonyl (C=O) groups is 1. The predicted molar refractivity (Wildman–Crippen MR) is 65.9 cm³/mol. The summed E-state index contributed by atoms with van der Waals surface area (Å²) in [7, 11) is 0. The molecule has 1 aromatic rings. The average molecular weight is 216 g/mol. The topological polar surface area (TPSA) is 55.1 Å². The van der Waals surface area contributed by atoms with E-state index < -0.39 is 0 Å². The summed E-state index contributed by atoms with van der Waals surface area (Å²) in [5.74, 6) is 5.73. The summed E-state index contributed by atoms with van der Waals surface area (Å²) in [6, 6.07) is 7.46. The number of anilines is 1. The molecule has 0 aliphatic carbocycles. The highest BCUT2D eigenvalue weighted by Gasteiger charge is 2.03. The van der Waals surface area contributed by atoms with Crippen LogP contribution < -0.4 is 11.1 Å². The van der Waals surface area contributed by atoms with Gasteiger partial charge in [-0.2, -0.15) is 0 Å². The molecule has 0 aliphatic heterocycles. The van der Waals surface area contributed by atoms with Crippen molar-refractivity contribution in [1.82, 2.24) is 0 Å². The van der Waals surface area contributed by atoms with E-state index >= 15 is 0 Å². The Morgan fingerprint density at radius 3 is 2.88 bits per heavy atom. The zero-order chi connectivity index (χ0) is 11.8. The zero-order valence-electron chi connectivity index (χ0n) is 9.42. The van der Waals surface area contributed by atoms with Crippen LogP contribution in [0.1, 0.15) is 25.3 Å². The third-order valence-electron chi connectivity index (χ3n) is 2.00. The van der Waals surface area contributed by atoms with Gasteiger partial charge >= 0.3 is 0 Å². The molecule has 0 spiro atoms. The lowest BCUT2D eigenvalue weighted by Gasteiger charge is -2.06. The summed E-state index contributed by atoms with van der Waals surface area (Å²) in [5.41, 5.74) is 6.87. The van der Waals surface area contributed by atoms with Gasteiger partial charge in [0.25, 0.3) is 0 Å². The van der Waals surface area contributed by atoms with Crippen LogP contribution in [0, 0.1) is 11.8 Å². The van der Waals surface area contributed by atoms with Crippen LogP contribution >= 0.6 is 0 Å². The van der Waals surface area contributed by atoms with Crippen molar-refractivity contribution in [2.75, 3.05) is 11.9 Å². The molecule has 0 fully saturated rings. The Hall–Kier alpha value is -1.79. The normalized spacial score (nSPS) is 9.12. The molecule has 84 valence electrons. The minimum atomic E-state index is 0.0181. The SMILES string of the molecule is CCCC(=O)Nc1ccccc1C#CCN. The largest absolute Gasteiger partial charge is 0.325 e. The first kappa shape index (κ1) is 12.3. The van der Waals surface area contributed by atoms with Gasteiger partial charge in [0.15, 0.2) is 0 Å². The van der Waals surface area contributed by atoms with Crippen molar-refractivity contribution in [3.8, 4) is 11.8 Å². The van der Waals surface area contributed by atoms with Gasteiger partial charge in [-0.3, -0.25) is 4.79 Å². The summed E-state index contributed by atoms with van der Waals surface area (Å²) >= 11 is 0. The molecular weight excluding hydrogens is 200 g/mol. The number of hydrogen-bond acceptors (Lipinski definition) is 2. The Morgan fingerprint density at radius 2 is 2.19 bits per heavy atom. The van der Waals surface area contributed by atoms with Crippen LogP contribution in [0.4, 0.5) is 5.69 Å². The number of carbonyl (C=O) groups excluding carboxylic acids is 1. The van der Waals surface area contributed by atoms with Crippen LogP contribution in [0.25, 0.3) is 0 Å². The van der Waals surface area contributed by atoms with E-state index in [2.05, 4.69) is 17.2 Å². The first-order valence-electron chi connectivity index (χ1n) is 5.35. The van der Waals surface area contributed by atoms with Crippen LogP contribution in [0.3, 0.4) is 0 Å². The standard InChI is InChI=1S/C13H16N2O/c1-2-6-13(16)15-12-9-4-3-7-11(12)8-5-10-14/h3-4,7,9H,2,6,10,14H2,1H3,(H,15,16). The fourth-order valence-corrected chi connectivity index (χ4v) is 1.29. The van der Waals surface area contributed by atoms with Gasteiger partial charge in [-0.05, 0) is 18.6 Å². The van der Waals surface area contributed by atoms with Gasteiger partial charge in [0.1, 0.15) is 0 Å². The van der Waals surface area contributed by atoms with E-state index in [-0.39, 0.29) is 5.91 Å². The molecule has 3 heteroatoms. The predicted octanol–water partition coefficient (Wildman–Crippen LogP) is 1.74. The van der Waals surface area contributed by atoms with Gasteiger partial charge in [-0.15, -0.1) is 0 Å². The Balaban J connectivity index is 2.82. The molecule has 3 nitrogen and oxygen atoms in total. The lowest BCUT2D eigenvalue weighted by molar-refractivity contribution is -0.116. The molecule has 0 saturated heterocycles. The van der Waals surface area contributed by atoms with E-state index in [0.29, 0.717) is 13.0 Å². The maximum absolute atomic E-state index is 11.5. The summed E-state index contributed by atoms with van der Waals surface area (Å²) in [5, 5.41) is 2.84. The van der Waals surface area contributed by atoms with Crippen molar-refractivity contribution in [2.45, 2.75) is 19.8 Å². The third kappa shape index (κ3) is 3.76. The van der Waals surface area contributed by atoms with E-state index in [0.717, 1.165) is 17.7 Å². The number of para-hydroxylation sites is 1. The monoisotopic (exact) mass is 216 g/mol. The maximum atomic E-state index is 11.5. The number of rotatable bonds is 3. The lowest BCUT2D eigenvalue weighted by atomic mass is 10.1. The van der Waals surface area contributed by atoms with Crippen LogP contribution in [-0.2, 0) is 4.79 Å². The molecule has 0 aromatic heterocycles. The molecule has 0 bridgehead atoms. The second-order valence-corrected chi connectivity index (χ2v) is 3.35. The quantitative estimate of drug-likeness (QED) is 0.756. The van der Waals surface area contributed by atoms with Crippen LogP contribution in [0.5, 0.6) is 0 Å². The highest BCUT2D eigenvalue weighted by molar-refractivity contribution is 5.92. The zero-order valence-corrected chi connectivity index (χ0v) is 9.42. The van der Waals surface area contributed by atoms with E-state index in [9.17, 15) is 4.79 Å². The van der Waals surface area contributed by atoms with Crippen molar-refractivity contribution in [1.29, 1.82) is 0 Å². The van der Waals surface area contributed by atoms with Crippen molar-refractivity contribution in [3.05, 3.63) is 29.8 Å². The average Bonchev–Trinajstić information content (AvgIpc) is 2.28. The van der Waals surface area contributed by atoms with Gasteiger partial charge in [-0.25, -0.2) is 0 Å². The molecule has 1 amide bonds. The molecule has 16 heavy (non-hydrogen) atoms. The van der Waals surface area contributed by atoms with Crippen molar-refractivity contribution in [2.24, 2.45) is 5.73 Å². The van der Waals surface area contributed by atoms with Crippen molar-refractivity contribution in [3.63, 3.8) is 0 Å². The highest BCUT2D eigenvalue weighted by atomic mass is 16.1. The summed E-state index contributed by atoms with van der Waals surface area (Å²) in [6.07, 6.45) is 1.36. The van der Waals surface area contributed by atoms with Crippen LogP contribution in [-0.4, -0.2) is 12.5 Å². The van der Waals surface area contributed by atoms with Crippen LogP contribution in [0.2, 0.25) is 0 Å². The summed E-state index contributed by atoms with van der Waals surface area (Å²) in [4.78, 5) is 11.5. The third-order valence-corrected chi connectivity index (χ3v) is 2.00. The Kier molecular flexibility index (Phi) is 5.10. The van der Waals surface area contributed by atoms with E-state index in [1.54, 1.807) is 0 Å². The highest BCUT2D eigenvalue weighted by Crippen LogP contribution is 2.13. The maximum Gasteiger partial charge on any atom is 0.224 e. The molecule has 0 saturated carbocycles. The van der Waals surface area contributed by atoms with Gasteiger partial charge in [0.05, 0.1) is 12.2 Å². The first-order chi connectivity index (χ1) is 7.77. The fraction of sp³-hybridized carbons (Fsp3) is 0.308. The van der Waals surface area contributed by atoms with E-state index in [1.807, 2.05) is 31.2 Å². The minimum Gasteiger partial charge on any atom is -0.325 e. The molecular formula is C13H16N2O. The second-order valence-electron chi connectivity index (χ2n) is 3.35. The number of nitrogens with one attached hydrogen (secondary N) is 1. The molecule has 0 radical (unpaired) electrons. The number of benzene rings is 1. The minimum absolute atomic E-state index is 0.0181. The Morgan fingerprint density at radius 1 is 1.44 bits per heavy atom. The molecule has 1 rings (SSSR count). The van der Waals surface area contributed by atoms with Crippen LogP contribution in [0.15, 0.2) is 24.3 Å². The summed E-state index contributed by atoms with van der Waals surface area (Å²) in [6.45, 7) is 2.29. The molecule has 3 N–H and O–H groups in total. The Labute approximate surface area is 96.0 Å². The second kappa shape index (κ2) is 6.65. The smallest absolute Gasteiger partial charge is 0.224 e. The van der Waals surface area contributed by atoms with Gasteiger partial charge in [0.2, 0.25) is 5.91 Å². The fourth-order valence-electron chi connectivity index (χ4n) is 1.29. The molecule has 0 unspecified atom stereocenters. The number of amides is 1. The Bertz CT molecular complexity index is 415. The van der Waals surface area contributed by atoms with E-state index in [1.165, 1.54) is 0 Å². The van der Waals surface area contributed by atoms with Gasteiger partial charge in [0, 0.05) is 12.0 Å². The van der Waals surface area contributed by atoms with Gasteiger partial charge in [-0.1, -0.05) is 30.9 Å². The molecule has 1 aromatic carbocycles. The lowest BCUT2D eigenvalue weighted by Crippen LogP contribution is -2.11. The van der Waals surface area contributed by atoms with E-state index in [4.69, 9.17) is 5.73 Å². The van der Waals surface area contributed by atoms with Gasteiger partial charge < -0.3 is 11.1 Å². The van der Waals surface area contributed by atoms with Crippen molar-refractivity contribution < 1.29 is 4.79 Å². The molecule has 0 heterocycles. The summed E-state index contributed by atoms with van der Waals surface area (Å²) < 4.78 is 0.